The molecule has 3 N–H and O–H groups in total. The second-order valence-electron chi connectivity index (χ2n) is 18.9. The van der Waals surface area contributed by atoms with E-state index >= 15 is 0 Å². The number of rotatable bonds is 12. The van der Waals surface area contributed by atoms with Gasteiger partial charge in [-0.3, -0.25) is 19.0 Å². The zero-order chi connectivity index (χ0) is 49.8. The normalized spacial score (nSPS) is 15.9. The summed E-state index contributed by atoms with van der Waals surface area (Å²) in [5.41, 5.74) is 5.68. The number of carbonyl (C=O) groups is 2. The van der Waals surface area contributed by atoms with E-state index in [-0.39, 0.29) is 12.3 Å². The number of carboxylic acid groups (broad SMARTS) is 1. The van der Waals surface area contributed by atoms with Gasteiger partial charge in [-0.25, -0.2) is 9.97 Å². The summed E-state index contributed by atoms with van der Waals surface area (Å²) in [6.45, 7) is 4.51. The van der Waals surface area contributed by atoms with E-state index in [4.69, 9.17) is 14.6 Å². The van der Waals surface area contributed by atoms with Crippen LogP contribution < -0.4 is 20.1 Å². The fourth-order valence-corrected chi connectivity index (χ4v) is 9.52. The minimum absolute atomic E-state index is 0.156. The number of unbranched alkanes of at least 4 members (excludes halogenated alkanes) is 1. The maximum Gasteiger partial charge on any atom is 0.303 e. The Morgan fingerprint density at radius 3 is 2.26 bits per heavy atom. The van der Waals surface area contributed by atoms with Gasteiger partial charge < -0.3 is 30.1 Å². The Kier molecular flexibility index (Phi) is 15.6. The first-order chi connectivity index (χ1) is 35.8. The monoisotopic (exact) mass is 992 g/mol. The third kappa shape index (κ3) is 12.9. The largest absolute Gasteiger partial charge is 0.494 e. The quantitative estimate of drug-likeness (QED) is 0.0978. The minimum Gasteiger partial charge on any atom is -0.494 e. The van der Waals surface area contributed by atoms with E-state index in [0.717, 1.165) is 92.7 Å². The van der Waals surface area contributed by atoms with Crippen LogP contribution in [0.4, 0.5) is 23.3 Å². The van der Waals surface area contributed by atoms with Crippen molar-refractivity contribution in [2.45, 2.75) is 109 Å². The highest BCUT2D eigenvalue weighted by Gasteiger charge is 2.23. The second kappa shape index (κ2) is 23.5. The zero-order valence-electron chi connectivity index (χ0n) is 40.9. The van der Waals surface area contributed by atoms with E-state index in [9.17, 15) is 9.59 Å². The summed E-state index contributed by atoms with van der Waals surface area (Å²) in [6, 6.07) is 15.1. The van der Waals surface area contributed by atoms with Crippen molar-refractivity contribution in [1.29, 1.82) is 0 Å². The number of fused-ring (bicyclic) bond motifs is 1. The minimum atomic E-state index is -0.786. The molecule has 1 saturated heterocycles. The number of benzene rings is 2. The molecule has 8 aromatic rings. The third-order valence-electron chi connectivity index (χ3n) is 13.7. The van der Waals surface area contributed by atoms with Gasteiger partial charge >= 0.3 is 5.97 Å². The highest BCUT2D eigenvalue weighted by atomic mass is 16.5. The molecule has 6 aromatic heterocycles. The number of nitrogens with one attached hydrogen (secondary N) is 2. The molecule has 14 rings (SSSR count). The Hall–Kier alpha value is -8.04. The molecule has 22 nitrogen and oxygen atoms in total. The lowest BCUT2D eigenvalue weighted by molar-refractivity contribution is -0.137. The van der Waals surface area contributed by atoms with Gasteiger partial charge in [0, 0.05) is 51.4 Å². The number of anilines is 4. The van der Waals surface area contributed by atoms with Crippen LogP contribution in [0.25, 0.3) is 33.7 Å². The number of carbonyl (C=O) groups excluding carboxylic acids is 1. The van der Waals surface area contributed by atoms with Crippen LogP contribution in [0.1, 0.15) is 96.3 Å². The summed E-state index contributed by atoms with van der Waals surface area (Å²) < 4.78 is 18.9. The number of aryl methyl sites for hydroxylation is 2. The summed E-state index contributed by atoms with van der Waals surface area (Å²) in [5.74, 6) is 3.30. The molecule has 8 bridgehead atoms. The van der Waals surface area contributed by atoms with Gasteiger partial charge in [0.2, 0.25) is 17.8 Å². The van der Waals surface area contributed by atoms with Crippen LogP contribution in [-0.4, -0.2) is 118 Å². The lowest BCUT2D eigenvalue weighted by Gasteiger charge is -2.32. The van der Waals surface area contributed by atoms with Crippen molar-refractivity contribution < 1.29 is 24.2 Å². The molecule has 1 saturated carbocycles. The molecule has 73 heavy (non-hydrogen) atoms. The summed E-state index contributed by atoms with van der Waals surface area (Å²) in [5, 5.41) is 41.1. The number of ether oxygens (including phenoxy) is 2. The lowest BCUT2D eigenvalue weighted by atomic mass is 9.87. The number of hydrogen-bond acceptors (Lipinski definition) is 16. The zero-order valence-corrected chi connectivity index (χ0v) is 40.9. The van der Waals surface area contributed by atoms with E-state index in [0.29, 0.717) is 78.4 Å². The molecule has 0 spiro atoms. The van der Waals surface area contributed by atoms with Crippen LogP contribution in [0.15, 0.2) is 85.7 Å². The topological polar surface area (TPSA) is 249 Å². The van der Waals surface area contributed by atoms with Crippen LogP contribution in [0.3, 0.4) is 0 Å². The predicted molar refractivity (Wildman–Crippen MR) is 271 cm³/mol. The summed E-state index contributed by atoms with van der Waals surface area (Å²) in [6.07, 6.45) is 25.6. The Morgan fingerprint density at radius 2 is 1.49 bits per heavy atom. The number of hydrogen-bond donors (Lipinski definition) is 3. The molecule has 11 heterocycles. The maximum atomic E-state index is 12.6. The highest BCUT2D eigenvalue weighted by Crippen LogP contribution is 2.28. The fraction of sp³-hybridized carbons (Fsp3) is 0.451. The average Bonchev–Trinajstić information content (AvgIpc) is 4.25. The van der Waals surface area contributed by atoms with Gasteiger partial charge in [0.15, 0.2) is 22.3 Å². The molecule has 0 unspecified atom stereocenters. The van der Waals surface area contributed by atoms with Gasteiger partial charge in [-0.1, -0.05) is 42.5 Å². The molecule has 6 aliphatic rings. The molecular formula is C51H61N17O5. The van der Waals surface area contributed by atoms with Crippen molar-refractivity contribution >= 4 is 57.5 Å². The Labute approximate surface area is 421 Å². The molecule has 0 radical (unpaired) electrons. The lowest BCUT2D eigenvalue weighted by Crippen LogP contribution is -2.38. The first-order valence-corrected chi connectivity index (χ1v) is 25.6. The predicted octanol–water partition coefficient (Wildman–Crippen LogP) is 8.10. The van der Waals surface area contributed by atoms with Crippen molar-refractivity contribution in [3.05, 3.63) is 85.7 Å². The van der Waals surface area contributed by atoms with Gasteiger partial charge in [-0.2, -0.15) is 29.5 Å². The molecule has 1 amide bonds. The molecule has 2 aromatic carbocycles. The highest BCUT2D eigenvalue weighted by molar-refractivity contribution is 5.76. The fourth-order valence-electron chi connectivity index (χ4n) is 9.52. The molecule has 22 heteroatoms. The summed E-state index contributed by atoms with van der Waals surface area (Å²) in [7, 11) is 0. The van der Waals surface area contributed by atoms with Gasteiger partial charge in [-0.15, -0.1) is 10.2 Å². The number of amides is 1. The number of nitrogens with zero attached hydrogens (tertiary/aromatic N) is 15. The van der Waals surface area contributed by atoms with Crippen molar-refractivity contribution in [2.24, 2.45) is 11.8 Å². The molecular weight excluding hydrogens is 931 g/mol. The van der Waals surface area contributed by atoms with Crippen LogP contribution in [0.2, 0.25) is 0 Å². The van der Waals surface area contributed by atoms with Crippen LogP contribution in [0.5, 0.6) is 11.5 Å². The Bertz CT molecular complexity index is 3060. The standard InChI is InChI=1S/C26H32N8O3.C25H29N9O2/c35-24(36)8-4-5-15-37-22-11-9-21(10-12-22)34-25-23(31-32-34)17-27-26(30-25)29-20-16-28-33(18-20)14-13-19-6-2-1-3-7-19;35-23-3-1-2-14-36-21-6-4-20(5-7-21)34-24-22(30-31-34)16-26-25(29-24)28-19-15-27-33(17-19)13-10-18-8-11-32(23)12-9-18/h9-12,16-19H,1-8,13-15H2,(H,35,36)(H,27,29,30);4-7,15-18H,1-3,8-14H2,(H,26,28,29). The van der Waals surface area contributed by atoms with Gasteiger partial charge in [0.05, 0.1) is 60.8 Å². The van der Waals surface area contributed by atoms with Crippen molar-refractivity contribution in [1.82, 2.24) is 74.4 Å². The van der Waals surface area contributed by atoms with Crippen LogP contribution in [-0.2, 0) is 22.7 Å². The van der Waals surface area contributed by atoms with E-state index in [1.54, 1.807) is 34.2 Å². The van der Waals surface area contributed by atoms with Gasteiger partial charge in [0.1, 0.15) is 11.5 Å². The summed E-state index contributed by atoms with van der Waals surface area (Å²) >= 11 is 0. The van der Waals surface area contributed by atoms with E-state index < -0.39 is 5.97 Å². The average molecular weight is 992 g/mol. The first-order valence-electron chi connectivity index (χ1n) is 25.6. The maximum absolute atomic E-state index is 12.6. The smallest absolute Gasteiger partial charge is 0.303 e. The van der Waals surface area contributed by atoms with E-state index in [1.807, 2.05) is 75.2 Å². The molecule has 1 aliphatic carbocycles. The van der Waals surface area contributed by atoms with Crippen molar-refractivity contribution in [3.8, 4) is 22.9 Å². The van der Waals surface area contributed by atoms with Crippen molar-refractivity contribution in [2.75, 3.05) is 36.9 Å². The number of carboxylic acids is 1. The second-order valence-corrected chi connectivity index (χ2v) is 18.9. The Balaban J connectivity index is 0.000000168. The third-order valence-corrected chi connectivity index (χ3v) is 13.7. The molecule has 0 atom stereocenters. The number of aromatic nitrogens is 14. The van der Waals surface area contributed by atoms with Gasteiger partial charge in [-0.05, 0) is 112 Å². The van der Waals surface area contributed by atoms with Crippen molar-refractivity contribution in [3.63, 3.8) is 0 Å². The Morgan fingerprint density at radius 1 is 0.767 bits per heavy atom. The number of piperidine rings is 1. The summed E-state index contributed by atoms with van der Waals surface area (Å²) in [4.78, 5) is 43.3. The van der Waals surface area contributed by atoms with Crippen LogP contribution >= 0.6 is 0 Å². The van der Waals surface area contributed by atoms with Gasteiger partial charge in [0.25, 0.3) is 0 Å². The molecule has 2 fully saturated rings. The van der Waals surface area contributed by atoms with E-state index in [2.05, 4.69) is 61.4 Å². The SMILES string of the molecule is O=C(O)CCCCOc1ccc(-n2nnc3cnc(Nc4cnn(CCC5CCCCC5)c4)nc32)cc1.O=C1CCCCOc2ccc(cc2)-n2nnc3cnc(nc32)Nc2cnn(c2)CCC2CCN1CC2. The van der Waals surface area contributed by atoms with E-state index in [1.165, 1.54) is 38.5 Å². The number of aliphatic carboxylic acids is 1. The first kappa shape index (κ1) is 48.6. The van der Waals surface area contributed by atoms with Crippen LogP contribution in [0, 0.1) is 11.8 Å². The molecule has 5 aliphatic heterocycles. The molecule has 380 valence electrons.